The second kappa shape index (κ2) is 2.43. The van der Waals surface area contributed by atoms with E-state index < -0.39 is 0 Å². The molecule has 0 saturated carbocycles. The molecule has 0 aromatic heterocycles. The Labute approximate surface area is 51.9 Å². The topological polar surface area (TPSA) is 66.5 Å². The number of carbonyl (C=O) groups is 1. The number of rotatable bonds is 2. The molecular formula is C4H6N4O. The molecule has 1 heterocycles. The van der Waals surface area contributed by atoms with Crippen LogP contribution < -0.4 is 0 Å². The predicted molar refractivity (Wildman–Crippen MR) is 28.8 cm³/mol. The molecule has 0 amide bonds. The van der Waals surface area contributed by atoms with E-state index in [2.05, 4.69) is 20.7 Å². The van der Waals surface area contributed by atoms with Crippen LogP contribution in [0.5, 0.6) is 0 Å². The fraction of sp³-hybridized carbons (Fsp3) is 0.750. The van der Waals surface area contributed by atoms with Crippen LogP contribution in [0, 0.1) is 0 Å². The van der Waals surface area contributed by atoms with Crippen molar-refractivity contribution in [1.82, 2.24) is 0 Å². The summed E-state index contributed by atoms with van der Waals surface area (Å²) in [5, 5.41) is 13.6. The molecule has 5 heteroatoms. The van der Waals surface area contributed by atoms with Crippen molar-refractivity contribution >= 4 is 5.78 Å². The van der Waals surface area contributed by atoms with Crippen LogP contribution in [0.1, 0.15) is 13.3 Å². The number of Topliss-reactive ketones (excluding diaryl/α,β-unsaturated/α-hetero) is 1. The normalized spacial score (nSPS) is 17.0. The molecule has 0 bridgehead atoms. The minimum Gasteiger partial charge on any atom is -0.300 e. The van der Waals surface area contributed by atoms with Crippen LogP contribution in [0.15, 0.2) is 20.7 Å². The van der Waals surface area contributed by atoms with Gasteiger partial charge in [0.05, 0.1) is 6.42 Å². The summed E-state index contributed by atoms with van der Waals surface area (Å²) in [5.41, 5.74) is 0. The molecule has 1 rings (SSSR count). The summed E-state index contributed by atoms with van der Waals surface area (Å²) in [6, 6.07) is 0. The predicted octanol–water partition coefficient (Wildman–Crippen LogP) is 1.12. The molecule has 0 atom stereocenters. The summed E-state index contributed by atoms with van der Waals surface area (Å²) in [6.07, 6.45) is -0.0324. The van der Waals surface area contributed by atoms with Gasteiger partial charge in [0.1, 0.15) is 5.78 Å². The number of carbonyl (C=O) groups excluding carboxylic acids is 1. The van der Waals surface area contributed by atoms with E-state index in [0.717, 1.165) is 0 Å². The fourth-order valence-corrected chi connectivity index (χ4v) is 0.527. The van der Waals surface area contributed by atoms with E-state index in [4.69, 9.17) is 0 Å². The van der Waals surface area contributed by atoms with E-state index in [0.29, 0.717) is 6.42 Å². The summed E-state index contributed by atoms with van der Waals surface area (Å²) in [4.78, 5) is 10.4. The van der Waals surface area contributed by atoms with Crippen molar-refractivity contribution < 1.29 is 4.79 Å². The lowest BCUT2D eigenvalue weighted by molar-refractivity contribution is -0.117. The molecule has 1 aliphatic heterocycles. The smallest absolute Gasteiger partial charge is 0.192 e. The molecule has 0 unspecified atom stereocenters. The van der Waals surface area contributed by atoms with Crippen LogP contribution in [-0.2, 0) is 4.79 Å². The van der Waals surface area contributed by atoms with Crippen LogP contribution in [-0.4, -0.2) is 11.9 Å². The largest absolute Gasteiger partial charge is 0.300 e. The molecule has 9 heavy (non-hydrogen) atoms. The molecule has 0 N–H and O–H groups in total. The molecule has 0 aromatic carbocycles. The van der Waals surface area contributed by atoms with Gasteiger partial charge in [0, 0.05) is 0 Å². The van der Waals surface area contributed by atoms with Gasteiger partial charge in [-0.25, -0.2) is 0 Å². The maximum absolute atomic E-state index is 10.4. The third kappa shape index (κ3) is 1.67. The average Bonchev–Trinajstić information content (AvgIpc) is 2.15. The summed E-state index contributed by atoms with van der Waals surface area (Å²) >= 11 is 0. The second-order valence-corrected chi connectivity index (χ2v) is 1.80. The van der Waals surface area contributed by atoms with Gasteiger partial charge in [0.15, 0.2) is 6.17 Å². The Morgan fingerprint density at radius 1 is 1.44 bits per heavy atom. The van der Waals surface area contributed by atoms with Gasteiger partial charge in [-0.15, -0.1) is 10.2 Å². The molecule has 0 fully saturated rings. The Kier molecular flexibility index (Phi) is 1.62. The molecular weight excluding hydrogens is 120 g/mol. The van der Waals surface area contributed by atoms with Crippen LogP contribution in [0.4, 0.5) is 0 Å². The Morgan fingerprint density at radius 2 is 2.00 bits per heavy atom. The van der Waals surface area contributed by atoms with Gasteiger partial charge < -0.3 is 0 Å². The quantitative estimate of drug-likeness (QED) is 0.546. The Morgan fingerprint density at radius 3 is 2.44 bits per heavy atom. The maximum Gasteiger partial charge on any atom is 0.192 e. The molecule has 0 aliphatic carbocycles. The number of ketones is 1. The molecule has 0 saturated heterocycles. The Bertz CT molecular complexity index is 161. The van der Waals surface area contributed by atoms with Crippen molar-refractivity contribution in [3.8, 4) is 0 Å². The van der Waals surface area contributed by atoms with Crippen molar-refractivity contribution in [2.24, 2.45) is 20.7 Å². The van der Waals surface area contributed by atoms with E-state index in [1.165, 1.54) is 6.92 Å². The second-order valence-electron chi connectivity index (χ2n) is 1.80. The van der Waals surface area contributed by atoms with Gasteiger partial charge in [0.25, 0.3) is 0 Å². The highest BCUT2D eigenvalue weighted by Gasteiger charge is 2.10. The zero-order valence-corrected chi connectivity index (χ0v) is 4.98. The zero-order chi connectivity index (χ0) is 6.69. The number of nitrogens with zero attached hydrogens (tertiary/aromatic N) is 4. The standard InChI is InChI=1S/C4H6N4O/c1-3(9)2-4-5-7-8-6-4/h4H,2H2,1H3. The van der Waals surface area contributed by atoms with Gasteiger partial charge in [-0.3, -0.25) is 4.79 Å². The molecule has 0 radical (unpaired) electrons. The van der Waals surface area contributed by atoms with Crippen LogP contribution in [0.25, 0.3) is 0 Å². The molecule has 0 spiro atoms. The van der Waals surface area contributed by atoms with Crippen molar-refractivity contribution in [3.63, 3.8) is 0 Å². The van der Waals surface area contributed by atoms with Crippen molar-refractivity contribution in [1.29, 1.82) is 0 Å². The highest BCUT2D eigenvalue weighted by Crippen LogP contribution is 2.08. The van der Waals surface area contributed by atoms with Gasteiger partial charge in [-0.1, -0.05) is 0 Å². The maximum atomic E-state index is 10.4. The first-order valence-electron chi connectivity index (χ1n) is 2.58. The third-order valence-corrected chi connectivity index (χ3v) is 0.880. The van der Waals surface area contributed by atoms with Crippen molar-refractivity contribution in [2.45, 2.75) is 19.5 Å². The van der Waals surface area contributed by atoms with Crippen molar-refractivity contribution in [2.75, 3.05) is 0 Å². The summed E-state index contributed by atoms with van der Waals surface area (Å²) in [7, 11) is 0. The first-order chi connectivity index (χ1) is 4.29. The van der Waals surface area contributed by atoms with Gasteiger partial charge >= 0.3 is 0 Å². The van der Waals surface area contributed by atoms with Gasteiger partial charge in [0.2, 0.25) is 0 Å². The lowest BCUT2D eigenvalue weighted by atomic mass is 10.3. The van der Waals surface area contributed by atoms with Crippen LogP contribution in [0.3, 0.4) is 0 Å². The SMILES string of the molecule is CC(=O)CC1N=NN=N1. The highest BCUT2D eigenvalue weighted by atomic mass is 16.1. The third-order valence-electron chi connectivity index (χ3n) is 0.880. The van der Waals surface area contributed by atoms with E-state index in [1.54, 1.807) is 0 Å². The summed E-state index contributed by atoms with van der Waals surface area (Å²) in [5.74, 6) is 0.0554. The zero-order valence-electron chi connectivity index (χ0n) is 4.98. The molecule has 48 valence electrons. The average molecular weight is 126 g/mol. The first-order valence-corrected chi connectivity index (χ1v) is 2.58. The van der Waals surface area contributed by atoms with Crippen LogP contribution >= 0.6 is 0 Å². The van der Waals surface area contributed by atoms with E-state index in [1.807, 2.05) is 0 Å². The van der Waals surface area contributed by atoms with E-state index in [-0.39, 0.29) is 11.9 Å². The molecule has 5 nitrogen and oxygen atoms in total. The van der Waals surface area contributed by atoms with Gasteiger partial charge in [-0.05, 0) is 17.4 Å². The lowest BCUT2D eigenvalue weighted by Gasteiger charge is -1.92. The highest BCUT2D eigenvalue weighted by molar-refractivity contribution is 5.76. The summed E-state index contributed by atoms with van der Waals surface area (Å²) < 4.78 is 0. The first kappa shape index (κ1) is 6.00. The van der Waals surface area contributed by atoms with Crippen LogP contribution in [0.2, 0.25) is 0 Å². The lowest BCUT2D eigenvalue weighted by Crippen LogP contribution is -2.02. The number of hydrogen-bond donors (Lipinski definition) is 0. The summed E-state index contributed by atoms with van der Waals surface area (Å²) in [6.45, 7) is 1.49. The number of hydrogen-bond acceptors (Lipinski definition) is 5. The van der Waals surface area contributed by atoms with Crippen molar-refractivity contribution in [3.05, 3.63) is 0 Å². The Balaban J connectivity index is 2.37. The molecule has 0 aromatic rings. The monoisotopic (exact) mass is 126 g/mol. The minimum absolute atomic E-state index is 0.0554. The Hall–Kier alpha value is -1.13. The van der Waals surface area contributed by atoms with E-state index in [9.17, 15) is 4.79 Å². The fourth-order valence-electron chi connectivity index (χ4n) is 0.527. The van der Waals surface area contributed by atoms with E-state index >= 15 is 0 Å². The van der Waals surface area contributed by atoms with Gasteiger partial charge in [-0.2, -0.15) is 0 Å². The minimum atomic E-state index is -0.345. The molecule has 1 aliphatic rings.